The molecule has 2 aromatic carbocycles. The predicted molar refractivity (Wildman–Crippen MR) is 115 cm³/mol. The van der Waals surface area contributed by atoms with Gasteiger partial charge in [0, 0.05) is 29.5 Å². The van der Waals surface area contributed by atoms with Crippen molar-refractivity contribution in [2.75, 3.05) is 20.3 Å². The summed E-state index contributed by atoms with van der Waals surface area (Å²) in [6.45, 7) is 0.744. The van der Waals surface area contributed by atoms with Gasteiger partial charge < -0.3 is 14.6 Å². The van der Waals surface area contributed by atoms with Crippen molar-refractivity contribution in [3.8, 4) is 5.19 Å². The Morgan fingerprint density at radius 1 is 1.27 bits per heavy atom. The fourth-order valence-electron chi connectivity index (χ4n) is 4.12. The lowest BCUT2D eigenvalue weighted by Gasteiger charge is -2.29. The van der Waals surface area contributed by atoms with Gasteiger partial charge in [0.2, 0.25) is 0 Å². The van der Waals surface area contributed by atoms with Crippen LogP contribution in [0.3, 0.4) is 0 Å². The molecule has 3 heterocycles. The number of aromatic nitrogens is 3. The Balaban J connectivity index is 1.69. The molecule has 2 aromatic heterocycles. The topological polar surface area (TPSA) is 86.5 Å². The molecule has 1 aliphatic rings. The van der Waals surface area contributed by atoms with Crippen LogP contribution in [0.25, 0.3) is 21.7 Å². The Morgan fingerprint density at radius 2 is 2.10 bits per heavy atom. The third-order valence-electron chi connectivity index (χ3n) is 5.60. The van der Waals surface area contributed by atoms with Gasteiger partial charge in [-0.05, 0) is 23.4 Å². The Labute approximate surface area is 176 Å². The van der Waals surface area contributed by atoms with E-state index in [0.717, 1.165) is 21.2 Å². The van der Waals surface area contributed by atoms with E-state index in [2.05, 4.69) is 16.0 Å². The lowest BCUT2D eigenvalue weighted by Crippen LogP contribution is -2.39. The van der Waals surface area contributed by atoms with Gasteiger partial charge in [-0.15, -0.1) is 0 Å². The van der Waals surface area contributed by atoms with Crippen LogP contribution in [0.1, 0.15) is 22.9 Å². The molecule has 0 bridgehead atoms. The van der Waals surface area contributed by atoms with Crippen LogP contribution in [0, 0.1) is 0 Å². The van der Waals surface area contributed by atoms with E-state index in [1.54, 1.807) is 18.0 Å². The van der Waals surface area contributed by atoms with Gasteiger partial charge >= 0.3 is 0 Å². The van der Waals surface area contributed by atoms with Gasteiger partial charge in [-0.1, -0.05) is 35.6 Å². The van der Waals surface area contributed by atoms with Crippen LogP contribution in [0.4, 0.5) is 0 Å². The first kappa shape index (κ1) is 19.2. The van der Waals surface area contributed by atoms with E-state index in [0.29, 0.717) is 35.5 Å². The van der Waals surface area contributed by atoms with Crippen LogP contribution < -0.4 is 10.3 Å². The second-order valence-electron chi connectivity index (χ2n) is 7.41. The summed E-state index contributed by atoms with van der Waals surface area (Å²) in [5.41, 5.74) is 1.58. The Kier molecular flexibility index (Phi) is 4.98. The van der Waals surface area contributed by atoms with Crippen molar-refractivity contribution in [1.82, 2.24) is 14.5 Å². The zero-order chi connectivity index (χ0) is 20.7. The van der Waals surface area contributed by atoms with Crippen molar-refractivity contribution in [2.24, 2.45) is 0 Å². The van der Waals surface area contributed by atoms with Gasteiger partial charge in [-0.25, -0.2) is 9.97 Å². The monoisotopic (exact) mass is 423 g/mol. The summed E-state index contributed by atoms with van der Waals surface area (Å²) in [7, 11) is 1.60. The van der Waals surface area contributed by atoms with Crippen molar-refractivity contribution < 1.29 is 14.6 Å². The molecule has 2 atom stereocenters. The lowest BCUT2D eigenvalue weighted by atomic mass is 9.98. The van der Waals surface area contributed by atoms with Crippen molar-refractivity contribution in [1.29, 1.82) is 0 Å². The predicted octanol–water partition coefficient (Wildman–Crippen LogP) is 2.93. The highest BCUT2D eigenvalue weighted by Gasteiger charge is 2.27. The maximum Gasteiger partial charge on any atom is 0.273 e. The molecule has 30 heavy (non-hydrogen) atoms. The lowest BCUT2D eigenvalue weighted by molar-refractivity contribution is -0.0395. The normalized spacial score (nSPS) is 19.4. The summed E-state index contributed by atoms with van der Waals surface area (Å²) in [5.74, 6) is 0. The molecule has 4 aromatic rings. The molecule has 7 nitrogen and oxygen atoms in total. The third kappa shape index (κ3) is 3.27. The maximum atomic E-state index is 13.4. The molecule has 0 radical (unpaired) electrons. The molecule has 0 unspecified atom stereocenters. The van der Waals surface area contributed by atoms with Crippen LogP contribution in [0.2, 0.25) is 0 Å². The zero-order valence-electron chi connectivity index (χ0n) is 16.4. The molecule has 1 aliphatic heterocycles. The fourth-order valence-corrected chi connectivity index (χ4v) is 4.87. The van der Waals surface area contributed by atoms with E-state index in [4.69, 9.17) is 9.47 Å². The van der Waals surface area contributed by atoms with Gasteiger partial charge in [0.05, 0.1) is 43.1 Å². The molecule has 5 rings (SSSR count). The van der Waals surface area contributed by atoms with Crippen molar-refractivity contribution in [2.45, 2.75) is 25.0 Å². The van der Waals surface area contributed by atoms with E-state index >= 15 is 0 Å². The average molecular weight is 423 g/mol. The molecule has 154 valence electrons. The molecule has 1 fully saturated rings. The van der Waals surface area contributed by atoms with E-state index in [1.807, 2.05) is 30.5 Å². The molecular formula is C22H21N3O4S. The van der Waals surface area contributed by atoms with Gasteiger partial charge in [0.15, 0.2) is 0 Å². The molecule has 8 heteroatoms. The zero-order valence-corrected chi connectivity index (χ0v) is 17.3. The summed E-state index contributed by atoms with van der Waals surface area (Å²) < 4.78 is 12.1. The Bertz CT molecular complexity index is 1280. The van der Waals surface area contributed by atoms with Crippen molar-refractivity contribution in [3.05, 3.63) is 63.7 Å². The summed E-state index contributed by atoms with van der Waals surface area (Å²) in [6, 6.07) is 9.60. The number of ether oxygens (including phenoxy) is 2. The number of nitrogens with zero attached hydrogens (tertiary/aromatic N) is 3. The second kappa shape index (κ2) is 7.79. The number of thiazole rings is 1. The number of methoxy groups -OCH3 is 1. The first-order valence-electron chi connectivity index (χ1n) is 9.81. The summed E-state index contributed by atoms with van der Waals surface area (Å²) in [6.07, 6.45) is 3.87. The standard InChI is InChI=1S/C22H21N3O4S/c1-28-22-23-10-14(30-22)8-13-9-17-20(16-5-3-2-4-15(13)16)24-12-25(21(17)27)18-6-7-29-11-19(18)26/h2-5,9-10,12,18-19,26H,6-8,11H2,1H3/t18-,19-/m0/s1. The molecular weight excluding hydrogens is 402 g/mol. The minimum Gasteiger partial charge on any atom is -0.473 e. The highest BCUT2D eigenvalue weighted by atomic mass is 32.1. The van der Waals surface area contributed by atoms with Crippen molar-refractivity contribution in [3.63, 3.8) is 0 Å². The fraction of sp³-hybridized carbons (Fsp3) is 0.318. The van der Waals surface area contributed by atoms with Crippen LogP contribution in [-0.2, 0) is 11.2 Å². The first-order valence-corrected chi connectivity index (χ1v) is 10.6. The number of fused-ring (bicyclic) bond motifs is 3. The number of hydrogen-bond donors (Lipinski definition) is 1. The largest absolute Gasteiger partial charge is 0.473 e. The van der Waals surface area contributed by atoms with Crippen molar-refractivity contribution >= 4 is 33.0 Å². The number of aliphatic hydroxyl groups is 1. The quantitative estimate of drug-likeness (QED) is 0.508. The van der Waals surface area contributed by atoms with E-state index in [1.165, 1.54) is 11.3 Å². The van der Waals surface area contributed by atoms with Gasteiger partial charge in [-0.3, -0.25) is 9.36 Å². The Morgan fingerprint density at radius 3 is 2.87 bits per heavy atom. The summed E-state index contributed by atoms with van der Waals surface area (Å²) >= 11 is 1.49. The number of benzene rings is 2. The number of hydrogen-bond acceptors (Lipinski definition) is 7. The van der Waals surface area contributed by atoms with Gasteiger partial charge in [0.25, 0.3) is 10.8 Å². The molecule has 1 saturated heterocycles. The van der Waals surface area contributed by atoms with Crippen LogP contribution in [0.15, 0.2) is 47.7 Å². The summed E-state index contributed by atoms with van der Waals surface area (Å²) in [5, 5.41) is 13.5. The third-order valence-corrected chi connectivity index (χ3v) is 6.56. The van der Waals surface area contributed by atoms with Crippen LogP contribution in [-0.4, -0.2) is 46.1 Å². The average Bonchev–Trinajstić information content (AvgIpc) is 3.23. The molecule has 0 aliphatic carbocycles. The minimum absolute atomic E-state index is 0.139. The smallest absolute Gasteiger partial charge is 0.273 e. The number of aliphatic hydroxyl groups excluding tert-OH is 1. The molecule has 0 spiro atoms. The minimum atomic E-state index is -0.722. The van der Waals surface area contributed by atoms with Crippen LogP contribution in [0.5, 0.6) is 5.19 Å². The molecule has 0 amide bonds. The van der Waals surface area contributed by atoms with Gasteiger partial charge in [-0.2, -0.15) is 0 Å². The van der Waals surface area contributed by atoms with E-state index in [-0.39, 0.29) is 18.2 Å². The van der Waals surface area contributed by atoms with Gasteiger partial charge in [0.1, 0.15) is 0 Å². The highest BCUT2D eigenvalue weighted by Crippen LogP contribution is 2.30. The van der Waals surface area contributed by atoms with E-state index < -0.39 is 6.10 Å². The van der Waals surface area contributed by atoms with E-state index in [9.17, 15) is 9.90 Å². The first-order chi connectivity index (χ1) is 14.7. The number of rotatable bonds is 4. The Hall–Kier alpha value is -2.81. The van der Waals surface area contributed by atoms with Crippen LogP contribution >= 0.6 is 11.3 Å². The maximum absolute atomic E-state index is 13.4. The highest BCUT2D eigenvalue weighted by molar-refractivity contribution is 7.13. The molecule has 0 saturated carbocycles. The molecule has 1 N–H and O–H groups in total. The summed E-state index contributed by atoms with van der Waals surface area (Å²) in [4.78, 5) is 23.3. The SMILES string of the molecule is COc1ncc(Cc2cc3c(=O)n([C@H]4CCOC[C@@H]4O)cnc3c3ccccc23)s1. The second-order valence-corrected chi connectivity index (χ2v) is 8.48.